The van der Waals surface area contributed by atoms with Gasteiger partial charge in [-0.25, -0.2) is 14.2 Å². The van der Waals surface area contributed by atoms with Gasteiger partial charge in [0.25, 0.3) is 0 Å². The second-order valence-corrected chi connectivity index (χ2v) is 8.84. The van der Waals surface area contributed by atoms with Gasteiger partial charge >= 0.3 is 5.97 Å². The molecule has 0 aliphatic heterocycles. The van der Waals surface area contributed by atoms with Crippen molar-refractivity contribution in [1.29, 1.82) is 0 Å². The van der Waals surface area contributed by atoms with Gasteiger partial charge < -0.3 is 9.47 Å². The molecular weight excluding hydrogens is 511 g/mol. The minimum absolute atomic E-state index is 0.0779. The second kappa shape index (κ2) is 10.4. The van der Waals surface area contributed by atoms with E-state index < -0.39 is 5.97 Å². The molecule has 1 heterocycles. The van der Waals surface area contributed by atoms with Gasteiger partial charge in [0.05, 0.1) is 24.7 Å². The molecule has 3 aromatic rings. The van der Waals surface area contributed by atoms with Crippen LogP contribution < -0.4 is 4.74 Å². The van der Waals surface area contributed by atoms with Crippen molar-refractivity contribution >= 4 is 44.6 Å². The molecule has 33 heavy (non-hydrogen) atoms. The van der Waals surface area contributed by atoms with Crippen LogP contribution in [0.5, 0.6) is 5.75 Å². The summed E-state index contributed by atoms with van der Waals surface area (Å²) in [6, 6.07) is 10.3. The van der Waals surface area contributed by atoms with Crippen LogP contribution in [0.15, 0.2) is 53.3 Å². The number of allylic oxidation sites excluding steroid dienone is 2. The van der Waals surface area contributed by atoms with E-state index in [9.17, 15) is 9.18 Å². The Balaban J connectivity index is 1.69. The number of hydrogen-bond donors (Lipinski definition) is 0. The predicted octanol–water partition coefficient (Wildman–Crippen LogP) is 6.88. The van der Waals surface area contributed by atoms with Gasteiger partial charge in [-0.2, -0.15) is 0 Å². The minimum atomic E-state index is -0.504. The first-order valence-corrected chi connectivity index (χ1v) is 11.7. The summed E-state index contributed by atoms with van der Waals surface area (Å²) in [5.74, 6) is -0.243. The van der Waals surface area contributed by atoms with Gasteiger partial charge in [-0.15, -0.1) is 0 Å². The van der Waals surface area contributed by atoms with E-state index in [4.69, 9.17) is 21.1 Å². The Kier molecular flexibility index (Phi) is 7.40. The zero-order valence-electron chi connectivity index (χ0n) is 17.9. The van der Waals surface area contributed by atoms with Crippen molar-refractivity contribution in [2.24, 2.45) is 0 Å². The van der Waals surface area contributed by atoms with E-state index in [1.807, 2.05) is 6.07 Å². The number of hydrogen-bond acceptors (Lipinski definition) is 5. The lowest BCUT2D eigenvalue weighted by Crippen LogP contribution is -2.09. The molecule has 0 bridgehead atoms. The molecule has 2 aromatic carbocycles. The summed E-state index contributed by atoms with van der Waals surface area (Å²) in [4.78, 5) is 20.8. The van der Waals surface area contributed by atoms with Gasteiger partial charge in [-0.3, -0.25) is 4.98 Å². The van der Waals surface area contributed by atoms with E-state index in [0.29, 0.717) is 26.5 Å². The molecule has 8 heteroatoms. The van der Waals surface area contributed by atoms with Crippen LogP contribution in [0.2, 0.25) is 5.02 Å². The highest BCUT2D eigenvalue weighted by atomic mass is 79.9. The summed E-state index contributed by atoms with van der Waals surface area (Å²) in [5, 5.41) is 0.567. The topological polar surface area (TPSA) is 61.3 Å². The van der Waals surface area contributed by atoms with Crippen LogP contribution in [-0.4, -0.2) is 22.5 Å². The maximum absolute atomic E-state index is 14.3. The standard InChI is InChI=1S/C25H21BrClFN2O3/c1-2-32-25(31)23-13-29-12-22(30-23)19-5-3-4-18(19)20-11-17(27)8-9-24(20)33-14-15-6-7-16(26)10-21(15)28/h6-13H,2-5,14H2,1H3. The van der Waals surface area contributed by atoms with Gasteiger partial charge in [0.1, 0.15) is 18.2 Å². The molecule has 0 spiro atoms. The SMILES string of the molecule is CCOC(=O)c1cncc(C2=C(c3cc(Cl)ccc3OCc3ccc(Br)cc3F)CCC2)n1. The number of aromatic nitrogens is 2. The molecule has 0 unspecified atom stereocenters. The minimum Gasteiger partial charge on any atom is -0.488 e. The van der Waals surface area contributed by atoms with Gasteiger partial charge in [-0.05, 0) is 67.7 Å². The molecule has 1 aliphatic carbocycles. The third kappa shape index (κ3) is 5.42. The van der Waals surface area contributed by atoms with Crippen molar-refractivity contribution in [3.8, 4) is 5.75 Å². The molecule has 1 aromatic heterocycles. The first-order chi connectivity index (χ1) is 16.0. The number of carbonyl (C=O) groups is 1. The summed E-state index contributed by atoms with van der Waals surface area (Å²) in [7, 11) is 0. The smallest absolute Gasteiger partial charge is 0.358 e. The molecule has 0 saturated carbocycles. The van der Waals surface area contributed by atoms with E-state index in [1.165, 1.54) is 12.3 Å². The molecule has 0 amide bonds. The number of rotatable bonds is 7. The van der Waals surface area contributed by atoms with E-state index in [2.05, 4.69) is 25.9 Å². The summed E-state index contributed by atoms with van der Waals surface area (Å²) in [6.45, 7) is 2.09. The third-order valence-electron chi connectivity index (χ3n) is 5.31. The zero-order valence-corrected chi connectivity index (χ0v) is 20.2. The maximum atomic E-state index is 14.3. The molecule has 4 rings (SSSR count). The van der Waals surface area contributed by atoms with Crippen molar-refractivity contribution in [1.82, 2.24) is 9.97 Å². The molecule has 0 fully saturated rings. The van der Waals surface area contributed by atoms with Crippen molar-refractivity contribution in [3.63, 3.8) is 0 Å². The lowest BCUT2D eigenvalue weighted by molar-refractivity contribution is 0.0519. The van der Waals surface area contributed by atoms with Gasteiger partial charge in [0, 0.05) is 20.6 Å². The van der Waals surface area contributed by atoms with E-state index in [0.717, 1.165) is 36.0 Å². The Labute approximate surface area is 204 Å². The highest BCUT2D eigenvalue weighted by Crippen LogP contribution is 2.43. The largest absolute Gasteiger partial charge is 0.488 e. The Morgan fingerprint density at radius 3 is 2.76 bits per heavy atom. The summed E-state index contributed by atoms with van der Waals surface area (Å²) >= 11 is 9.58. The van der Waals surface area contributed by atoms with Gasteiger partial charge in [0.15, 0.2) is 5.69 Å². The first kappa shape index (κ1) is 23.4. The third-order valence-corrected chi connectivity index (χ3v) is 6.04. The van der Waals surface area contributed by atoms with Crippen molar-refractivity contribution < 1.29 is 18.7 Å². The first-order valence-electron chi connectivity index (χ1n) is 10.5. The summed E-state index contributed by atoms with van der Waals surface area (Å²) in [5.41, 5.74) is 4.08. The number of nitrogens with zero attached hydrogens (tertiary/aromatic N) is 2. The molecule has 5 nitrogen and oxygen atoms in total. The van der Waals surface area contributed by atoms with Crippen LogP contribution in [0.3, 0.4) is 0 Å². The lowest BCUT2D eigenvalue weighted by atomic mass is 9.99. The second-order valence-electron chi connectivity index (χ2n) is 7.49. The highest BCUT2D eigenvalue weighted by molar-refractivity contribution is 9.10. The maximum Gasteiger partial charge on any atom is 0.358 e. The van der Waals surface area contributed by atoms with Crippen molar-refractivity contribution in [2.75, 3.05) is 6.61 Å². The Hall–Kier alpha value is -2.77. The fourth-order valence-corrected chi connectivity index (χ4v) is 4.30. The van der Waals surface area contributed by atoms with Crippen LogP contribution >= 0.6 is 27.5 Å². The fraction of sp³-hybridized carbons (Fsp3) is 0.240. The number of benzene rings is 2. The highest BCUT2D eigenvalue weighted by Gasteiger charge is 2.23. The Morgan fingerprint density at radius 2 is 1.97 bits per heavy atom. The number of esters is 1. The summed E-state index contributed by atoms with van der Waals surface area (Å²) in [6.07, 6.45) is 5.54. The quantitative estimate of drug-likeness (QED) is 0.311. The number of halogens is 3. The van der Waals surface area contributed by atoms with E-state index in [1.54, 1.807) is 37.4 Å². The van der Waals surface area contributed by atoms with Crippen LogP contribution in [0.25, 0.3) is 11.1 Å². The van der Waals surface area contributed by atoms with Crippen molar-refractivity contribution in [2.45, 2.75) is 32.8 Å². The number of ether oxygens (including phenoxy) is 2. The molecule has 1 aliphatic rings. The number of carbonyl (C=O) groups excluding carboxylic acids is 1. The normalized spacial score (nSPS) is 13.3. The molecule has 0 N–H and O–H groups in total. The van der Waals surface area contributed by atoms with Gasteiger partial charge in [-0.1, -0.05) is 33.6 Å². The molecule has 170 valence electrons. The van der Waals surface area contributed by atoms with Crippen LogP contribution in [0.4, 0.5) is 4.39 Å². The molecule has 0 radical (unpaired) electrons. The molecule has 0 atom stereocenters. The van der Waals surface area contributed by atoms with E-state index >= 15 is 0 Å². The zero-order chi connectivity index (χ0) is 23.4. The van der Waals surface area contributed by atoms with Crippen LogP contribution in [0, 0.1) is 5.82 Å². The average Bonchev–Trinajstić information content (AvgIpc) is 3.29. The average molecular weight is 532 g/mol. The Bertz CT molecular complexity index is 1230. The lowest BCUT2D eigenvalue weighted by Gasteiger charge is -2.15. The Morgan fingerprint density at radius 1 is 1.15 bits per heavy atom. The monoisotopic (exact) mass is 530 g/mol. The van der Waals surface area contributed by atoms with Gasteiger partial charge in [0.2, 0.25) is 0 Å². The summed E-state index contributed by atoms with van der Waals surface area (Å²) < 4.78 is 26.0. The van der Waals surface area contributed by atoms with Crippen LogP contribution in [-0.2, 0) is 11.3 Å². The predicted molar refractivity (Wildman–Crippen MR) is 129 cm³/mol. The van der Waals surface area contributed by atoms with Crippen molar-refractivity contribution in [3.05, 3.63) is 86.6 Å². The van der Waals surface area contributed by atoms with E-state index in [-0.39, 0.29) is 24.7 Å². The molecule has 0 saturated heterocycles. The van der Waals surface area contributed by atoms with Crippen LogP contribution in [0.1, 0.15) is 53.5 Å². The molecular formula is C25H21BrClFN2O3. The fourth-order valence-electron chi connectivity index (χ4n) is 3.80.